The zero-order valence-corrected chi connectivity index (χ0v) is 15.4. The van der Waals surface area contributed by atoms with Crippen LogP contribution in [0.4, 0.5) is 5.69 Å². The van der Waals surface area contributed by atoms with Crippen molar-refractivity contribution in [3.05, 3.63) is 29.8 Å². The molecule has 2 heterocycles. The predicted molar refractivity (Wildman–Crippen MR) is 96.8 cm³/mol. The van der Waals surface area contributed by atoms with Gasteiger partial charge in [0.05, 0.1) is 4.87 Å². The number of rotatable bonds is 5. The molecule has 7 nitrogen and oxygen atoms in total. The molecule has 0 aliphatic carbocycles. The highest BCUT2D eigenvalue weighted by Crippen LogP contribution is 2.47. The lowest BCUT2D eigenvalue weighted by Gasteiger charge is -2.29. The molecular formula is C18H20N2O5S. The number of nitrogens with zero attached hydrogens (tertiary/aromatic N) is 1. The van der Waals surface area contributed by atoms with Gasteiger partial charge in [-0.15, -0.1) is 11.8 Å². The molecule has 2 atom stereocenters. The van der Waals surface area contributed by atoms with Gasteiger partial charge in [-0.3, -0.25) is 14.4 Å². The fourth-order valence-corrected chi connectivity index (χ4v) is 4.67. The average molecular weight is 376 g/mol. The summed E-state index contributed by atoms with van der Waals surface area (Å²) in [4.78, 5) is 48.9. The number of benzene rings is 1. The molecule has 1 N–H and O–H groups in total. The minimum atomic E-state index is -0.630. The van der Waals surface area contributed by atoms with E-state index in [0.717, 1.165) is 6.42 Å². The molecule has 0 unspecified atom stereocenters. The maximum atomic E-state index is 12.4. The normalized spacial score (nSPS) is 24.3. The maximum absolute atomic E-state index is 12.4. The second-order valence-electron chi connectivity index (χ2n) is 6.55. The topological polar surface area (TPSA) is 92.8 Å². The molecular weight excluding hydrogens is 356 g/mol. The standard InChI is InChI=1S/C18H20N2O5S/c1-11(21)19-13-5-3-12(4-6-13)15(22)9-25-17(24)14-10-26-18(2)8-7-16(23)20(14)18/h3-6,14H,7-10H2,1-2H3,(H,19,21)/t14-,18-/m0/s1. The van der Waals surface area contributed by atoms with Gasteiger partial charge in [-0.1, -0.05) is 0 Å². The molecule has 2 aliphatic heterocycles. The van der Waals surface area contributed by atoms with E-state index in [9.17, 15) is 19.2 Å². The smallest absolute Gasteiger partial charge is 0.330 e. The molecule has 0 radical (unpaired) electrons. The Morgan fingerprint density at radius 3 is 2.65 bits per heavy atom. The predicted octanol–water partition coefficient (Wildman–Crippen LogP) is 1.82. The number of thioether (sulfide) groups is 1. The molecule has 0 saturated carbocycles. The number of fused-ring (bicyclic) bond motifs is 1. The van der Waals surface area contributed by atoms with E-state index in [-0.39, 0.29) is 29.1 Å². The number of carbonyl (C=O) groups excluding carboxylic acids is 4. The zero-order valence-electron chi connectivity index (χ0n) is 14.6. The van der Waals surface area contributed by atoms with Gasteiger partial charge in [-0.25, -0.2) is 4.79 Å². The van der Waals surface area contributed by atoms with Crippen LogP contribution in [0.5, 0.6) is 0 Å². The highest BCUT2D eigenvalue weighted by Gasteiger charge is 2.53. The third kappa shape index (κ3) is 3.60. The van der Waals surface area contributed by atoms with Crippen molar-refractivity contribution >= 4 is 41.0 Å². The van der Waals surface area contributed by atoms with Crippen LogP contribution in [0.2, 0.25) is 0 Å². The molecule has 138 valence electrons. The Balaban J connectivity index is 1.57. The number of Topliss-reactive ketones (excluding diaryl/α,β-unsaturated/α-hetero) is 1. The average Bonchev–Trinajstić information content (AvgIpc) is 3.09. The van der Waals surface area contributed by atoms with Crippen LogP contribution in [-0.4, -0.2) is 51.7 Å². The fourth-order valence-electron chi connectivity index (χ4n) is 3.25. The lowest BCUT2D eigenvalue weighted by molar-refractivity contribution is -0.152. The number of nitrogens with one attached hydrogen (secondary N) is 1. The molecule has 2 aliphatic rings. The fraction of sp³-hybridized carbons (Fsp3) is 0.444. The van der Waals surface area contributed by atoms with Crippen molar-refractivity contribution in [1.29, 1.82) is 0 Å². The van der Waals surface area contributed by atoms with Crippen LogP contribution in [0.1, 0.15) is 37.0 Å². The van der Waals surface area contributed by atoms with Gasteiger partial charge >= 0.3 is 5.97 Å². The molecule has 2 fully saturated rings. The van der Waals surface area contributed by atoms with Crippen LogP contribution in [-0.2, 0) is 19.1 Å². The molecule has 0 spiro atoms. The largest absolute Gasteiger partial charge is 0.456 e. The van der Waals surface area contributed by atoms with E-state index >= 15 is 0 Å². The van der Waals surface area contributed by atoms with Gasteiger partial charge in [0.1, 0.15) is 6.04 Å². The number of carbonyl (C=O) groups is 4. The van der Waals surface area contributed by atoms with Crippen molar-refractivity contribution in [2.75, 3.05) is 17.7 Å². The summed E-state index contributed by atoms with van der Waals surface area (Å²) >= 11 is 1.58. The Kier molecular flexibility index (Phi) is 5.04. The van der Waals surface area contributed by atoms with Gasteiger partial charge < -0.3 is 15.0 Å². The van der Waals surface area contributed by atoms with Crippen molar-refractivity contribution in [3.8, 4) is 0 Å². The summed E-state index contributed by atoms with van der Waals surface area (Å²) in [5.74, 6) is -0.635. The molecule has 1 aromatic carbocycles. The summed E-state index contributed by atoms with van der Waals surface area (Å²) < 4.78 is 5.17. The molecule has 0 bridgehead atoms. The summed E-state index contributed by atoms with van der Waals surface area (Å²) in [6.45, 7) is 2.98. The Morgan fingerprint density at radius 2 is 2.00 bits per heavy atom. The minimum absolute atomic E-state index is 0.0423. The molecule has 8 heteroatoms. The van der Waals surface area contributed by atoms with Crippen LogP contribution in [0.3, 0.4) is 0 Å². The molecule has 26 heavy (non-hydrogen) atoms. The SMILES string of the molecule is CC(=O)Nc1ccc(C(=O)COC(=O)[C@@H]2CS[C@@]3(C)CCC(=O)N23)cc1. The number of ether oxygens (including phenoxy) is 1. The molecule has 2 amide bonds. The van der Waals surface area contributed by atoms with Crippen LogP contribution < -0.4 is 5.32 Å². The van der Waals surface area contributed by atoms with E-state index in [1.807, 2.05) is 6.92 Å². The molecule has 2 saturated heterocycles. The second-order valence-corrected chi connectivity index (χ2v) is 8.06. The van der Waals surface area contributed by atoms with Crippen LogP contribution in [0.15, 0.2) is 24.3 Å². The first-order valence-electron chi connectivity index (χ1n) is 8.34. The van der Waals surface area contributed by atoms with Crippen molar-refractivity contribution in [1.82, 2.24) is 4.90 Å². The van der Waals surface area contributed by atoms with E-state index in [1.54, 1.807) is 40.9 Å². The summed E-state index contributed by atoms with van der Waals surface area (Å²) in [7, 11) is 0. The van der Waals surface area contributed by atoms with Gasteiger partial charge in [0.2, 0.25) is 11.8 Å². The number of anilines is 1. The van der Waals surface area contributed by atoms with Gasteiger partial charge in [0, 0.05) is 30.3 Å². The number of ketones is 1. The van der Waals surface area contributed by atoms with E-state index in [0.29, 0.717) is 23.4 Å². The Bertz CT molecular complexity index is 763. The van der Waals surface area contributed by atoms with Gasteiger partial charge in [-0.2, -0.15) is 0 Å². The quantitative estimate of drug-likeness (QED) is 0.622. The first kappa shape index (κ1) is 18.4. The van der Waals surface area contributed by atoms with Crippen LogP contribution in [0, 0.1) is 0 Å². The van der Waals surface area contributed by atoms with Crippen molar-refractivity contribution in [2.24, 2.45) is 0 Å². The first-order valence-corrected chi connectivity index (χ1v) is 9.32. The highest BCUT2D eigenvalue weighted by molar-refractivity contribution is 8.01. The van der Waals surface area contributed by atoms with Crippen molar-refractivity contribution in [2.45, 2.75) is 37.6 Å². The highest BCUT2D eigenvalue weighted by atomic mass is 32.2. The number of hydrogen-bond donors (Lipinski definition) is 1. The Morgan fingerprint density at radius 1 is 1.31 bits per heavy atom. The van der Waals surface area contributed by atoms with Crippen molar-refractivity contribution < 1.29 is 23.9 Å². The number of amides is 2. The summed E-state index contributed by atoms with van der Waals surface area (Å²) in [5, 5.41) is 2.61. The van der Waals surface area contributed by atoms with E-state index in [2.05, 4.69) is 5.32 Å². The first-order chi connectivity index (χ1) is 12.3. The van der Waals surface area contributed by atoms with E-state index in [1.165, 1.54) is 6.92 Å². The molecule has 1 aromatic rings. The Labute approximate surface area is 155 Å². The van der Waals surface area contributed by atoms with Gasteiger partial charge in [0.15, 0.2) is 12.4 Å². The molecule has 3 rings (SSSR count). The second kappa shape index (κ2) is 7.11. The lowest BCUT2D eigenvalue weighted by Crippen LogP contribution is -2.46. The van der Waals surface area contributed by atoms with E-state index < -0.39 is 12.0 Å². The number of esters is 1. The zero-order chi connectivity index (χ0) is 18.9. The Hall–Kier alpha value is -2.35. The summed E-state index contributed by atoms with van der Waals surface area (Å²) in [6, 6.07) is 5.72. The van der Waals surface area contributed by atoms with Crippen LogP contribution >= 0.6 is 11.8 Å². The maximum Gasteiger partial charge on any atom is 0.330 e. The number of hydrogen-bond acceptors (Lipinski definition) is 6. The lowest BCUT2D eigenvalue weighted by atomic mass is 10.1. The summed E-state index contributed by atoms with van der Waals surface area (Å²) in [6.07, 6.45) is 1.16. The van der Waals surface area contributed by atoms with E-state index in [4.69, 9.17) is 4.74 Å². The van der Waals surface area contributed by atoms with Gasteiger partial charge in [0.25, 0.3) is 0 Å². The third-order valence-corrected chi connectivity index (χ3v) is 6.09. The van der Waals surface area contributed by atoms with Crippen LogP contribution in [0.25, 0.3) is 0 Å². The molecule has 0 aromatic heterocycles. The van der Waals surface area contributed by atoms with Crippen molar-refractivity contribution in [3.63, 3.8) is 0 Å². The minimum Gasteiger partial charge on any atom is -0.456 e. The monoisotopic (exact) mass is 376 g/mol. The third-order valence-electron chi connectivity index (χ3n) is 4.59. The summed E-state index contributed by atoms with van der Waals surface area (Å²) in [5.41, 5.74) is 0.968. The van der Waals surface area contributed by atoms with Gasteiger partial charge in [-0.05, 0) is 37.6 Å².